The first-order valence-corrected chi connectivity index (χ1v) is 9.27. The van der Waals surface area contributed by atoms with Crippen molar-refractivity contribution in [2.24, 2.45) is 5.10 Å². The number of rotatable bonds is 6. The molecule has 0 unspecified atom stereocenters. The average Bonchev–Trinajstić information content (AvgIpc) is 2.69. The van der Waals surface area contributed by atoms with Crippen LogP contribution in [-0.2, 0) is 6.61 Å². The SMILES string of the molecule is Cc1ccc(COc2ccc(/C=N/NC(=O)c3ccc(Br)cc3)cc2)cc1. The molecular formula is C22H19BrN2O2. The highest BCUT2D eigenvalue weighted by Gasteiger charge is 2.03. The van der Waals surface area contributed by atoms with Gasteiger partial charge in [0.25, 0.3) is 5.91 Å². The Balaban J connectivity index is 1.50. The van der Waals surface area contributed by atoms with E-state index in [4.69, 9.17) is 4.74 Å². The molecule has 0 saturated heterocycles. The summed E-state index contributed by atoms with van der Waals surface area (Å²) in [6.07, 6.45) is 1.60. The lowest BCUT2D eigenvalue weighted by molar-refractivity contribution is 0.0955. The Hall–Kier alpha value is -2.92. The number of nitrogens with zero attached hydrogens (tertiary/aromatic N) is 1. The van der Waals surface area contributed by atoms with Crippen LogP contribution >= 0.6 is 15.9 Å². The normalized spacial score (nSPS) is 10.7. The third kappa shape index (κ3) is 5.79. The lowest BCUT2D eigenvalue weighted by Crippen LogP contribution is -2.17. The summed E-state index contributed by atoms with van der Waals surface area (Å²) in [6.45, 7) is 2.59. The van der Waals surface area contributed by atoms with E-state index >= 15 is 0 Å². The lowest BCUT2D eigenvalue weighted by Gasteiger charge is -2.07. The summed E-state index contributed by atoms with van der Waals surface area (Å²) in [6, 6.07) is 22.9. The second kappa shape index (κ2) is 9.14. The van der Waals surface area contributed by atoms with Crippen molar-refractivity contribution < 1.29 is 9.53 Å². The molecule has 0 heterocycles. The van der Waals surface area contributed by atoms with Gasteiger partial charge in [-0.3, -0.25) is 4.79 Å². The molecule has 136 valence electrons. The van der Waals surface area contributed by atoms with Crippen LogP contribution in [0.1, 0.15) is 27.0 Å². The second-order valence-corrected chi connectivity index (χ2v) is 6.97. The predicted molar refractivity (Wildman–Crippen MR) is 111 cm³/mol. The lowest BCUT2D eigenvalue weighted by atomic mass is 10.2. The van der Waals surface area contributed by atoms with Gasteiger partial charge in [-0.2, -0.15) is 5.10 Å². The number of aryl methyl sites for hydroxylation is 1. The molecule has 5 heteroatoms. The molecule has 1 amide bonds. The van der Waals surface area contributed by atoms with Gasteiger partial charge in [0.05, 0.1) is 6.21 Å². The van der Waals surface area contributed by atoms with Crippen molar-refractivity contribution >= 4 is 28.1 Å². The van der Waals surface area contributed by atoms with Crippen molar-refractivity contribution in [1.29, 1.82) is 0 Å². The topological polar surface area (TPSA) is 50.7 Å². The molecule has 27 heavy (non-hydrogen) atoms. The molecule has 0 fully saturated rings. The summed E-state index contributed by atoms with van der Waals surface area (Å²) >= 11 is 3.34. The summed E-state index contributed by atoms with van der Waals surface area (Å²) in [5, 5.41) is 3.99. The van der Waals surface area contributed by atoms with E-state index in [9.17, 15) is 4.79 Å². The molecule has 3 aromatic carbocycles. The number of nitrogens with one attached hydrogen (secondary N) is 1. The third-order valence-corrected chi connectivity index (χ3v) is 4.42. The Morgan fingerprint density at radius 3 is 2.33 bits per heavy atom. The summed E-state index contributed by atoms with van der Waals surface area (Å²) in [4.78, 5) is 12.0. The van der Waals surface area contributed by atoms with Crippen molar-refractivity contribution in [1.82, 2.24) is 5.43 Å². The number of carbonyl (C=O) groups excluding carboxylic acids is 1. The van der Waals surface area contributed by atoms with Crippen molar-refractivity contribution in [3.8, 4) is 5.75 Å². The Bertz CT molecular complexity index is 918. The summed E-state index contributed by atoms with van der Waals surface area (Å²) in [5.41, 5.74) is 6.29. The standard InChI is InChI=1S/C22H19BrN2O2/c1-16-2-4-18(5-3-16)15-27-21-12-6-17(7-13-21)14-24-25-22(26)19-8-10-20(23)11-9-19/h2-14H,15H2,1H3,(H,25,26)/b24-14+. The van der Waals surface area contributed by atoms with Crippen LogP contribution < -0.4 is 10.2 Å². The van der Waals surface area contributed by atoms with E-state index in [1.165, 1.54) is 5.56 Å². The van der Waals surface area contributed by atoms with Crippen LogP contribution in [0, 0.1) is 6.92 Å². The number of benzene rings is 3. The van der Waals surface area contributed by atoms with Crippen molar-refractivity contribution in [3.05, 3.63) is 99.5 Å². The van der Waals surface area contributed by atoms with E-state index in [0.717, 1.165) is 21.3 Å². The number of hydrogen-bond acceptors (Lipinski definition) is 3. The first kappa shape index (κ1) is 18.9. The first-order valence-electron chi connectivity index (χ1n) is 8.47. The smallest absolute Gasteiger partial charge is 0.271 e. The van der Waals surface area contributed by atoms with Crippen LogP contribution in [0.4, 0.5) is 0 Å². The zero-order valence-electron chi connectivity index (χ0n) is 14.9. The number of amides is 1. The highest BCUT2D eigenvalue weighted by Crippen LogP contribution is 2.14. The van der Waals surface area contributed by atoms with E-state index in [0.29, 0.717) is 12.2 Å². The van der Waals surface area contributed by atoms with E-state index in [2.05, 4.69) is 57.6 Å². The molecule has 3 aromatic rings. The molecular weight excluding hydrogens is 404 g/mol. The van der Waals surface area contributed by atoms with Crippen LogP contribution in [0.5, 0.6) is 5.75 Å². The Morgan fingerprint density at radius 2 is 1.67 bits per heavy atom. The van der Waals surface area contributed by atoms with Gasteiger partial charge in [-0.05, 0) is 66.6 Å². The molecule has 0 radical (unpaired) electrons. The third-order valence-electron chi connectivity index (χ3n) is 3.89. The molecule has 0 aliphatic carbocycles. The number of hydrogen-bond donors (Lipinski definition) is 1. The van der Waals surface area contributed by atoms with Gasteiger partial charge >= 0.3 is 0 Å². The molecule has 4 nitrogen and oxygen atoms in total. The fraction of sp³-hybridized carbons (Fsp3) is 0.0909. The van der Waals surface area contributed by atoms with Gasteiger partial charge in [0.1, 0.15) is 12.4 Å². The van der Waals surface area contributed by atoms with Crippen LogP contribution in [0.25, 0.3) is 0 Å². The van der Waals surface area contributed by atoms with Crippen LogP contribution in [-0.4, -0.2) is 12.1 Å². The van der Waals surface area contributed by atoms with Gasteiger partial charge in [-0.15, -0.1) is 0 Å². The second-order valence-electron chi connectivity index (χ2n) is 6.05. The van der Waals surface area contributed by atoms with Crippen LogP contribution in [0.3, 0.4) is 0 Å². The largest absolute Gasteiger partial charge is 0.489 e. The highest BCUT2D eigenvalue weighted by molar-refractivity contribution is 9.10. The maximum Gasteiger partial charge on any atom is 0.271 e. The van der Waals surface area contributed by atoms with E-state index in [1.54, 1.807) is 18.3 Å². The average molecular weight is 423 g/mol. The van der Waals surface area contributed by atoms with Crippen LogP contribution in [0.2, 0.25) is 0 Å². The molecule has 0 bridgehead atoms. The molecule has 0 saturated carbocycles. The minimum absolute atomic E-state index is 0.253. The Labute approximate surface area is 167 Å². The number of ether oxygens (including phenoxy) is 1. The summed E-state index contributed by atoms with van der Waals surface area (Å²) in [7, 11) is 0. The van der Waals surface area contributed by atoms with E-state index in [1.807, 2.05) is 36.4 Å². The van der Waals surface area contributed by atoms with Gasteiger partial charge in [-0.1, -0.05) is 45.8 Å². The molecule has 0 spiro atoms. The Morgan fingerprint density at radius 1 is 1.00 bits per heavy atom. The molecule has 3 rings (SSSR count). The summed E-state index contributed by atoms with van der Waals surface area (Å²) in [5.74, 6) is 0.531. The number of carbonyl (C=O) groups is 1. The zero-order valence-corrected chi connectivity index (χ0v) is 16.4. The van der Waals surface area contributed by atoms with Gasteiger partial charge in [-0.25, -0.2) is 5.43 Å². The number of halogens is 1. The monoisotopic (exact) mass is 422 g/mol. The molecule has 0 aliphatic heterocycles. The van der Waals surface area contributed by atoms with Crippen LogP contribution in [0.15, 0.2) is 82.4 Å². The maximum absolute atomic E-state index is 12.0. The number of hydrazone groups is 1. The fourth-order valence-electron chi connectivity index (χ4n) is 2.33. The predicted octanol–water partition coefficient (Wildman–Crippen LogP) is 5.10. The van der Waals surface area contributed by atoms with Crippen molar-refractivity contribution in [2.75, 3.05) is 0 Å². The van der Waals surface area contributed by atoms with E-state index in [-0.39, 0.29) is 5.91 Å². The molecule has 0 atom stereocenters. The Kier molecular flexibility index (Phi) is 6.39. The minimum Gasteiger partial charge on any atom is -0.489 e. The van der Waals surface area contributed by atoms with E-state index < -0.39 is 0 Å². The zero-order chi connectivity index (χ0) is 19.1. The molecule has 1 N–H and O–H groups in total. The summed E-state index contributed by atoms with van der Waals surface area (Å²) < 4.78 is 6.70. The van der Waals surface area contributed by atoms with Gasteiger partial charge in [0.15, 0.2) is 0 Å². The fourth-order valence-corrected chi connectivity index (χ4v) is 2.60. The highest BCUT2D eigenvalue weighted by atomic mass is 79.9. The quantitative estimate of drug-likeness (QED) is 0.443. The van der Waals surface area contributed by atoms with Gasteiger partial charge in [0.2, 0.25) is 0 Å². The maximum atomic E-state index is 12.0. The van der Waals surface area contributed by atoms with Crippen molar-refractivity contribution in [2.45, 2.75) is 13.5 Å². The van der Waals surface area contributed by atoms with Gasteiger partial charge in [0, 0.05) is 10.0 Å². The van der Waals surface area contributed by atoms with Gasteiger partial charge < -0.3 is 4.74 Å². The first-order chi connectivity index (χ1) is 13.1. The molecule has 0 aliphatic rings. The minimum atomic E-state index is -0.253. The molecule has 0 aromatic heterocycles. The van der Waals surface area contributed by atoms with Crippen molar-refractivity contribution in [3.63, 3.8) is 0 Å².